The van der Waals surface area contributed by atoms with Crippen LogP contribution in [0, 0.1) is 5.92 Å². The van der Waals surface area contributed by atoms with Gasteiger partial charge in [0.25, 0.3) is 0 Å². The van der Waals surface area contributed by atoms with Gasteiger partial charge in [0.2, 0.25) is 17.7 Å². The van der Waals surface area contributed by atoms with Crippen LogP contribution in [0.2, 0.25) is 0 Å². The predicted octanol–water partition coefficient (Wildman–Crippen LogP) is -1.30. The molecule has 0 saturated carbocycles. The fourth-order valence-corrected chi connectivity index (χ4v) is 2.93. The Morgan fingerprint density at radius 1 is 0.743 bits per heavy atom. The van der Waals surface area contributed by atoms with Crippen molar-refractivity contribution < 1.29 is 44.1 Å². The van der Waals surface area contributed by atoms with Crippen LogP contribution in [0.3, 0.4) is 0 Å². The maximum atomic E-state index is 12.7. The van der Waals surface area contributed by atoms with E-state index in [1.807, 2.05) is 0 Å². The number of hydrogen-bond donors (Lipinski definition) is 7. The van der Waals surface area contributed by atoms with E-state index in [2.05, 4.69) is 16.0 Å². The average molecular weight is 495 g/mol. The first kappa shape index (κ1) is 29.0. The van der Waals surface area contributed by atoms with Crippen LogP contribution in [0.15, 0.2) is 30.3 Å². The first-order valence-electron chi connectivity index (χ1n) is 10.7. The van der Waals surface area contributed by atoms with E-state index in [1.54, 1.807) is 44.2 Å². The number of carboxylic acid groups (broad SMARTS) is 3. The van der Waals surface area contributed by atoms with Gasteiger partial charge >= 0.3 is 17.9 Å². The minimum absolute atomic E-state index is 0.111. The van der Waals surface area contributed by atoms with Crippen LogP contribution in [0.5, 0.6) is 0 Å². The van der Waals surface area contributed by atoms with Gasteiger partial charge in [0, 0.05) is 6.42 Å². The van der Waals surface area contributed by atoms with E-state index in [0.717, 1.165) is 0 Å². The zero-order valence-electron chi connectivity index (χ0n) is 19.3. The van der Waals surface area contributed by atoms with Crippen LogP contribution >= 0.6 is 0 Å². The van der Waals surface area contributed by atoms with Gasteiger partial charge in [-0.05, 0) is 11.5 Å². The van der Waals surface area contributed by atoms with Crippen LogP contribution < -0.4 is 21.7 Å². The third-order valence-corrected chi connectivity index (χ3v) is 4.94. The quantitative estimate of drug-likeness (QED) is 0.162. The van der Waals surface area contributed by atoms with Crippen molar-refractivity contribution in [1.82, 2.24) is 16.0 Å². The molecule has 0 aliphatic heterocycles. The van der Waals surface area contributed by atoms with E-state index >= 15 is 0 Å². The molecule has 4 atom stereocenters. The number of carbonyl (C=O) groups excluding carboxylic acids is 3. The first-order valence-corrected chi connectivity index (χ1v) is 10.7. The molecule has 13 heteroatoms. The van der Waals surface area contributed by atoms with Gasteiger partial charge in [-0.3, -0.25) is 24.0 Å². The topological polar surface area (TPSA) is 225 Å². The summed E-state index contributed by atoms with van der Waals surface area (Å²) in [5.74, 6) is -7.71. The van der Waals surface area contributed by atoms with Gasteiger partial charge in [-0.25, -0.2) is 4.79 Å². The lowest BCUT2D eigenvalue weighted by Gasteiger charge is -2.24. The monoisotopic (exact) mass is 494 g/mol. The largest absolute Gasteiger partial charge is 0.481 e. The summed E-state index contributed by atoms with van der Waals surface area (Å²) in [6, 6.07) is 2.45. The lowest BCUT2D eigenvalue weighted by atomic mass is 10.0. The van der Waals surface area contributed by atoms with E-state index in [1.165, 1.54) is 0 Å². The molecule has 13 nitrogen and oxygen atoms in total. The second-order valence-electron chi connectivity index (χ2n) is 8.18. The third kappa shape index (κ3) is 10.2. The van der Waals surface area contributed by atoms with Gasteiger partial charge in [0.05, 0.1) is 18.9 Å². The summed E-state index contributed by atoms with van der Waals surface area (Å²) < 4.78 is 0. The molecule has 4 unspecified atom stereocenters. The zero-order chi connectivity index (χ0) is 26.7. The fourth-order valence-electron chi connectivity index (χ4n) is 2.93. The van der Waals surface area contributed by atoms with Crippen molar-refractivity contribution in [2.24, 2.45) is 11.7 Å². The van der Waals surface area contributed by atoms with Crippen LogP contribution in [0.1, 0.15) is 32.3 Å². The highest BCUT2D eigenvalue weighted by Crippen LogP contribution is 2.06. The number of carboxylic acids is 3. The Morgan fingerprint density at radius 2 is 1.17 bits per heavy atom. The summed E-state index contributed by atoms with van der Waals surface area (Å²) in [5, 5.41) is 34.2. The minimum Gasteiger partial charge on any atom is -0.481 e. The number of carbonyl (C=O) groups is 6. The van der Waals surface area contributed by atoms with E-state index in [0.29, 0.717) is 5.56 Å². The molecular formula is C22H30N4O9. The highest BCUT2D eigenvalue weighted by atomic mass is 16.4. The summed E-state index contributed by atoms with van der Waals surface area (Å²) in [6.07, 6.45) is -1.90. The van der Waals surface area contributed by atoms with Gasteiger partial charge in [0.15, 0.2) is 0 Å². The molecule has 0 aliphatic carbocycles. The van der Waals surface area contributed by atoms with Crippen molar-refractivity contribution in [3.05, 3.63) is 35.9 Å². The molecule has 3 amide bonds. The summed E-state index contributed by atoms with van der Waals surface area (Å²) in [7, 11) is 0. The summed E-state index contributed by atoms with van der Waals surface area (Å²) >= 11 is 0. The number of benzene rings is 1. The maximum absolute atomic E-state index is 12.7. The number of amides is 3. The smallest absolute Gasteiger partial charge is 0.326 e. The molecule has 0 bridgehead atoms. The van der Waals surface area contributed by atoms with Crippen molar-refractivity contribution in [2.75, 3.05) is 0 Å². The normalized spacial score (nSPS) is 14.2. The lowest BCUT2D eigenvalue weighted by molar-refractivity contribution is -0.145. The van der Waals surface area contributed by atoms with Gasteiger partial charge in [-0.15, -0.1) is 0 Å². The van der Waals surface area contributed by atoms with Gasteiger partial charge in [-0.2, -0.15) is 0 Å². The molecular weight excluding hydrogens is 464 g/mol. The molecule has 0 saturated heterocycles. The van der Waals surface area contributed by atoms with Crippen LogP contribution in [0.25, 0.3) is 0 Å². The molecule has 0 radical (unpaired) electrons. The highest BCUT2D eigenvalue weighted by Gasteiger charge is 2.33. The SMILES string of the molecule is CC(C)C(N)C(=O)NC(CC(=O)O)C(=O)NC(CC(=O)O)C(=O)NC(Cc1ccccc1)C(=O)O. The van der Waals surface area contributed by atoms with Crippen LogP contribution in [-0.2, 0) is 35.2 Å². The number of aliphatic carboxylic acids is 3. The Labute approximate surface area is 201 Å². The number of nitrogens with two attached hydrogens (primary N) is 1. The molecule has 0 heterocycles. The second-order valence-corrected chi connectivity index (χ2v) is 8.18. The molecule has 35 heavy (non-hydrogen) atoms. The van der Waals surface area contributed by atoms with Crippen LogP contribution in [0.4, 0.5) is 0 Å². The molecule has 0 fully saturated rings. The van der Waals surface area contributed by atoms with Crippen molar-refractivity contribution in [3.8, 4) is 0 Å². The zero-order valence-corrected chi connectivity index (χ0v) is 19.3. The van der Waals surface area contributed by atoms with Crippen molar-refractivity contribution in [1.29, 1.82) is 0 Å². The van der Waals surface area contributed by atoms with Gasteiger partial charge in [0.1, 0.15) is 18.1 Å². The number of rotatable bonds is 14. The van der Waals surface area contributed by atoms with Crippen molar-refractivity contribution in [3.63, 3.8) is 0 Å². The Morgan fingerprint density at radius 3 is 1.57 bits per heavy atom. The first-order chi connectivity index (χ1) is 16.3. The summed E-state index contributed by atoms with van der Waals surface area (Å²) in [6.45, 7) is 3.27. The fraction of sp³-hybridized carbons (Fsp3) is 0.455. The summed E-state index contributed by atoms with van der Waals surface area (Å²) in [5.41, 5.74) is 6.30. The number of hydrogen-bond acceptors (Lipinski definition) is 7. The van der Waals surface area contributed by atoms with Gasteiger partial charge < -0.3 is 37.0 Å². The Hall–Kier alpha value is -4.00. The molecule has 0 aromatic heterocycles. The number of nitrogens with one attached hydrogen (secondary N) is 3. The third-order valence-electron chi connectivity index (χ3n) is 4.94. The van der Waals surface area contributed by atoms with E-state index in [9.17, 15) is 33.9 Å². The lowest BCUT2D eigenvalue weighted by Crippen LogP contribution is -2.58. The molecule has 1 aromatic carbocycles. The van der Waals surface area contributed by atoms with Gasteiger partial charge in [-0.1, -0.05) is 44.2 Å². The highest BCUT2D eigenvalue weighted by molar-refractivity contribution is 5.96. The standard InChI is InChI=1S/C22H30N4O9/c1-11(2)18(23)21(33)25-14(10-17(29)30)19(31)24-13(9-16(27)28)20(32)26-15(22(34)35)8-12-6-4-3-5-7-12/h3-7,11,13-15,18H,8-10,23H2,1-2H3,(H,24,31)(H,25,33)(H,26,32)(H,27,28)(H,29,30)(H,34,35). The second kappa shape index (κ2) is 13.6. The van der Waals surface area contributed by atoms with E-state index in [-0.39, 0.29) is 12.3 Å². The van der Waals surface area contributed by atoms with Crippen LogP contribution in [-0.4, -0.2) is 75.1 Å². The molecule has 192 valence electrons. The predicted molar refractivity (Wildman–Crippen MR) is 121 cm³/mol. The van der Waals surface area contributed by atoms with Crippen molar-refractivity contribution >= 4 is 35.6 Å². The molecule has 8 N–H and O–H groups in total. The van der Waals surface area contributed by atoms with Crippen molar-refractivity contribution in [2.45, 2.75) is 57.3 Å². The van der Waals surface area contributed by atoms with E-state index < -0.39 is 72.6 Å². The Kier molecular flexibility index (Phi) is 11.3. The maximum Gasteiger partial charge on any atom is 0.326 e. The Bertz CT molecular complexity index is 936. The average Bonchev–Trinajstić information content (AvgIpc) is 2.76. The molecule has 1 rings (SSSR count). The summed E-state index contributed by atoms with van der Waals surface area (Å²) in [4.78, 5) is 71.7. The molecule has 1 aromatic rings. The molecule has 0 aliphatic rings. The Balaban J connectivity index is 3.03. The van der Waals surface area contributed by atoms with E-state index in [4.69, 9.17) is 15.9 Å². The minimum atomic E-state index is -1.75. The molecule has 0 spiro atoms.